The van der Waals surface area contributed by atoms with Crippen LogP contribution in [0.5, 0.6) is 0 Å². The first-order chi connectivity index (χ1) is 25.6. The summed E-state index contributed by atoms with van der Waals surface area (Å²) < 4.78 is 8.76. The molecule has 53 heavy (non-hydrogen) atoms. The van der Waals surface area contributed by atoms with E-state index in [0.717, 1.165) is 46.0 Å². The van der Waals surface area contributed by atoms with Crippen molar-refractivity contribution in [3.63, 3.8) is 0 Å². The maximum Gasteiger partial charge on any atom is 0.137 e. The van der Waals surface area contributed by atoms with Gasteiger partial charge < -0.3 is 18.8 Å². The predicted octanol–water partition coefficient (Wildman–Crippen LogP) is 12.5. The summed E-state index contributed by atoms with van der Waals surface area (Å²) in [4.78, 5) is 9.00. The van der Waals surface area contributed by atoms with Crippen LogP contribution in [-0.2, 0) is 26.5 Å². The molecule has 5 aromatic carbocycles. The molecule has 1 aliphatic rings. The van der Waals surface area contributed by atoms with Crippen molar-refractivity contribution >= 4 is 60.0 Å². The van der Waals surface area contributed by atoms with E-state index in [1.54, 1.807) is 6.20 Å². The average molecular weight is 864 g/mol. The number of aryl methyl sites for hydroxylation is 2. The summed E-state index contributed by atoms with van der Waals surface area (Å²) in [6, 6.07) is 44.7. The summed E-state index contributed by atoms with van der Waals surface area (Å²) >= 11 is 0. The molecule has 1 fully saturated rings. The number of rotatable bonds is 4. The van der Waals surface area contributed by atoms with Gasteiger partial charge in [0, 0.05) is 65.6 Å². The van der Waals surface area contributed by atoms with Crippen LogP contribution in [0.1, 0.15) is 42.4 Å². The Labute approximate surface area is 322 Å². The Morgan fingerprint density at radius 1 is 0.660 bits per heavy atom. The van der Waals surface area contributed by atoms with Crippen molar-refractivity contribution in [3.05, 3.63) is 150 Å². The number of nitrogens with zero attached hydrogens (tertiary/aromatic N) is 3. The van der Waals surface area contributed by atoms with Crippen molar-refractivity contribution < 1.29 is 24.5 Å². The van der Waals surface area contributed by atoms with Gasteiger partial charge in [-0.25, -0.2) is 0 Å². The van der Waals surface area contributed by atoms with Crippen LogP contribution in [-0.4, -0.2) is 14.4 Å². The van der Waals surface area contributed by atoms with E-state index < -0.39 is 0 Å². The molecule has 0 spiro atoms. The van der Waals surface area contributed by atoms with Crippen LogP contribution < -0.4 is 0 Å². The minimum atomic E-state index is 0. The smallest absolute Gasteiger partial charge is 0.137 e. The largest absolute Gasteiger partial charge is 0.456 e. The molecule has 0 saturated heterocycles. The molecule has 1 saturated carbocycles. The molecule has 5 heterocycles. The van der Waals surface area contributed by atoms with Gasteiger partial charge in [0.15, 0.2) is 0 Å². The van der Waals surface area contributed by atoms with Gasteiger partial charge >= 0.3 is 0 Å². The average Bonchev–Trinajstić information content (AvgIpc) is 3.97. The number of benzene rings is 5. The first kappa shape index (κ1) is 33.5. The number of furan rings is 1. The summed E-state index contributed by atoms with van der Waals surface area (Å²) in [5.41, 5.74) is 13.6. The van der Waals surface area contributed by atoms with Gasteiger partial charge in [-0.1, -0.05) is 79.1 Å². The second-order valence-electron chi connectivity index (χ2n) is 14.4. The predicted molar refractivity (Wildman–Crippen MR) is 214 cm³/mol. The Morgan fingerprint density at radius 2 is 1.43 bits per heavy atom. The summed E-state index contributed by atoms with van der Waals surface area (Å²) in [7, 11) is 0. The zero-order valence-corrected chi connectivity index (χ0v) is 32.1. The van der Waals surface area contributed by atoms with Crippen molar-refractivity contribution in [1.82, 2.24) is 14.4 Å². The summed E-state index contributed by atoms with van der Waals surface area (Å²) in [5, 5.41) is 7.55. The summed E-state index contributed by atoms with van der Waals surface area (Å²) in [6.07, 6.45) is 10.4. The van der Waals surface area contributed by atoms with Gasteiger partial charge in [0.25, 0.3) is 0 Å². The Kier molecular flexibility index (Phi) is 8.57. The number of hydrogen-bond acceptors (Lipinski definition) is 3. The fourth-order valence-corrected chi connectivity index (χ4v) is 8.78. The summed E-state index contributed by atoms with van der Waals surface area (Å²) in [6.45, 7) is 4.49. The quantitative estimate of drug-likeness (QED) is 0.166. The molecule has 11 rings (SSSR count). The van der Waals surface area contributed by atoms with Crippen LogP contribution in [0.25, 0.3) is 82.5 Å². The molecule has 1 aliphatic carbocycles. The van der Waals surface area contributed by atoms with E-state index in [1.165, 1.54) is 91.2 Å². The standard InChI is InChI=1S/C37H29N2O.C11H8N.Ir/c1-21-15-22(2)36-29-19-27-26-9-5-6-10-33(26)40-34(27)20-32(29)39-31-12-11-25(18-28(31)35(21)37(36)39)30-17-24(13-14-38-30)16-23-7-3-4-8-23;1-2-6-10(7-3-1)11-8-4-5-9-12-11;/h5-6,9-10,12-15,17-20,23H,3-4,7-8,16H2,1-2H3;1-6,8-9H;/q2*-1;. The van der Waals surface area contributed by atoms with Gasteiger partial charge in [-0.3, -0.25) is 0 Å². The Bertz CT molecular complexity index is 2870. The van der Waals surface area contributed by atoms with Crippen LogP contribution in [0.2, 0.25) is 0 Å². The van der Waals surface area contributed by atoms with Gasteiger partial charge in [-0.05, 0) is 83.9 Å². The van der Waals surface area contributed by atoms with Crippen molar-refractivity contribution in [2.24, 2.45) is 5.92 Å². The van der Waals surface area contributed by atoms with Gasteiger partial charge in [-0.2, -0.15) is 0 Å². The molecule has 0 N–H and O–H groups in total. The molecule has 5 heteroatoms. The van der Waals surface area contributed by atoms with E-state index >= 15 is 0 Å². The Hall–Kier alpha value is -5.35. The maximum absolute atomic E-state index is 6.32. The molecular formula is C48H37IrN3O-2. The third-order valence-electron chi connectivity index (χ3n) is 11.1. The number of fused-ring (bicyclic) bond motifs is 9. The van der Waals surface area contributed by atoms with Crippen LogP contribution >= 0.6 is 0 Å². The van der Waals surface area contributed by atoms with Crippen molar-refractivity contribution in [2.45, 2.75) is 46.0 Å². The third kappa shape index (κ3) is 5.71. The Morgan fingerprint density at radius 3 is 2.23 bits per heavy atom. The fourth-order valence-electron chi connectivity index (χ4n) is 8.78. The zero-order chi connectivity index (χ0) is 34.8. The monoisotopic (exact) mass is 864 g/mol. The van der Waals surface area contributed by atoms with Crippen molar-refractivity contribution in [1.29, 1.82) is 0 Å². The zero-order valence-electron chi connectivity index (χ0n) is 29.7. The molecule has 0 aliphatic heterocycles. The maximum atomic E-state index is 6.32. The van der Waals surface area contributed by atoms with Gasteiger partial charge in [-0.15, -0.1) is 59.7 Å². The fraction of sp³-hybridized carbons (Fsp3) is 0.167. The molecule has 5 aromatic heterocycles. The number of para-hydroxylation sites is 1. The van der Waals surface area contributed by atoms with E-state index in [2.05, 4.69) is 96.0 Å². The molecular weight excluding hydrogens is 827 g/mol. The number of aromatic nitrogens is 3. The Balaban J connectivity index is 0.000000245. The van der Waals surface area contributed by atoms with Crippen molar-refractivity contribution in [2.75, 3.05) is 0 Å². The number of pyridine rings is 2. The summed E-state index contributed by atoms with van der Waals surface area (Å²) in [5.74, 6) is 0.820. The normalized spacial score (nSPS) is 13.4. The minimum Gasteiger partial charge on any atom is -0.456 e. The molecule has 4 nitrogen and oxygen atoms in total. The van der Waals surface area contributed by atoms with Gasteiger partial charge in [0.2, 0.25) is 0 Å². The third-order valence-corrected chi connectivity index (χ3v) is 11.1. The minimum absolute atomic E-state index is 0. The van der Waals surface area contributed by atoms with Gasteiger partial charge in [0.05, 0.1) is 5.52 Å². The molecule has 0 atom stereocenters. The van der Waals surface area contributed by atoms with E-state index in [0.29, 0.717) is 0 Å². The molecule has 1 radical (unpaired) electrons. The molecule has 10 aromatic rings. The van der Waals surface area contributed by atoms with E-state index in [4.69, 9.17) is 9.40 Å². The molecule has 261 valence electrons. The molecule has 0 unspecified atom stereocenters. The van der Waals surface area contributed by atoms with Crippen LogP contribution in [0.4, 0.5) is 0 Å². The first-order valence-corrected chi connectivity index (χ1v) is 18.4. The second-order valence-corrected chi connectivity index (χ2v) is 14.4. The SMILES string of the molecule is Cc1cc(C)c2c3cc4c(cc3n3c5c[c-]c(-c6cc(CC7CCCC7)ccn6)cc5c1c23)oc1ccccc14.[Ir].[c-]1ccccc1-c1ccccn1. The van der Waals surface area contributed by atoms with E-state index in [-0.39, 0.29) is 20.1 Å². The molecule has 0 bridgehead atoms. The first-order valence-electron chi connectivity index (χ1n) is 18.4. The van der Waals surface area contributed by atoms with Crippen LogP contribution in [0, 0.1) is 31.9 Å². The molecule has 0 amide bonds. The van der Waals surface area contributed by atoms with Crippen molar-refractivity contribution in [3.8, 4) is 22.5 Å². The van der Waals surface area contributed by atoms with E-state index in [1.807, 2.05) is 54.7 Å². The van der Waals surface area contributed by atoms with Gasteiger partial charge in [0.1, 0.15) is 11.2 Å². The second kappa shape index (κ2) is 13.6. The van der Waals surface area contributed by atoms with E-state index in [9.17, 15) is 0 Å². The topological polar surface area (TPSA) is 43.3 Å². The van der Waals surface area contributed by atoms with Crippen LogP contribution in [0.15, 0.2) is 126 Å². The van der Waals surface area contributed by atoms with Crippen LogP contribution in [0.3, 0.4) is 0 Å². The number of hydrogen-bond donors (Lipinski definition) is 0.